The number of carboxylic acid groups (broad SMARTS) is 1. The minimum Gasteiger partial charge on any atom is -0.481 e. The van der Waals surface area contributed by atoms with Gasteiger partial charge in [0.1, 0.15) is 12.6 Å². The summed E-state index contributed by atoms with van der Waals surface area (Å²) in [6, 6.07) is 14.9. The number of benzene rings is 2. The number of carboxylic acids is 1. The summed E-state index contributed by atoms with van der Waals surface area (Å²) in [6.07, 6.45) is -0.447. The van der Waals surface area contributed by atoms with Gasteiger partial charge < -0.3 is 19.9 Å². The number of amides is 1. The summed E-state index contributed by atoms with van der Waals surface area (Å²) in [5.41, 5.74) is 4.40. The first-order chi connectivity index (χ1) is 14.0. The minimum absolute atomic E-state index is 0.0996. The predicted octanol–water partition coefficient (Wildman–Crippen LogP) is 2.79. The number of hydrogen-bond acceptors (Lipinski definition) is 5. The van der Waals surface area contributed by atoms with Gasteiger partial charge in [-0.15, -0.1) is 0 Å². The van der Waals surface area contributed by atoms with Crippen molar-refractivity contribution in [3.8, 4) is 11.1 Å². The van der Waals surface area contributed by atoms with Crippen molar-refractivity contribution >= 4 is 18.0 Å². The third-order valence-electron chi connectivity index (χ3n) is 5.66. The van der Waals surface area contributed by atoms with Gasteiger partial charge >= 0.3 is 18.0 Å². The molecule has 0 radical (unpaired) electrons. The number of ether oxygens (including phenoxy) is 2. The Kier molecular flexibility index (Phi) is 4.96. The lowest BCUT2D eigenvalue weighted by atomic mass is 9.98. The molecule has 29 heavy (non-hydrogen) atoms. The highest BCUT2D eigenvalue weighted by atomic mass is 16.6. The third kappa shape index (κ3) is 3.55. The van der Waals surface area contributed by atoms with E-state index in [-0.39, 0.29) is 12.5 Å². The summed E-state index contributed by atoms with van der Waals surface area (Å²) in [6.45, 7) is 0.112. The summed E-state index contributed by atoms with van der Waals surface area (Å²) in [4.78, 5) is 35.5. The van der Waals surface area contributed by atoms with Crippen LogP contribution in [0.3, 0.4) is 0 Å². The number of methoxy groups -OCH3 is 1. The van der Waals surface area contributed by atoms with Crippen LogP contribution in [0.4, 0.5) is 4.79 Å². The van der Waals surface area contributed by atoms with Crippen LogP contribution in [0.25, 0.3) is 11.1 Å². The van der Waals surface area contributed by atoms with Crippen LogP contribution < -0.4 is 5.32 Å². The number of rotatable bonds is 6. The van der Waals surface area contributed by atoms with Crippen LogP contribution in [-0.4, -0.2) is 42.9 Å². The van der Waals surface area contributed by atoms with Crippen molar-refractivity contribution in [1.29, 1.82) is 0 Å². The van der Waals surface area contributed by atoms with Crippen LogP contribution in [-0.2, 0) is 19.1 Å². The van der Waals surface area contributed by atoms with E-state index < -0.39 is 35.9 Å². The minimum atomic E-state index is -1.03. The zero-order valence-electron chi connectivity index (χ0n) is 15.8. The molecule has 0 aromatic heterocycles. The van der Waals surface area contributed by atoms with Gasteiger partial charge in [-0.05, 0) is 28.7 Å². The van der Waals surface area contributed by atoms with E-state index >= 15 is 0 Å². The molecular weight excluding hydrogens is 374 g/mol. The Bertz CT molecular complexity index is 926. The van der Waals surface area contributed by atoms with Crippen LogP contribution in [0.15, 0.2) is 48.5 Å². The lowest BCUT2D eigenvalue weighted by Gasteiger charge is -2.18. The Labute approximate surface area is 167 Å². The van der Waals surface area contributed by atoms with E-state index in [0.717, 1.165) is 22.3 Å². The third-order valence-corrected chi connectivity index (χ3v) is 5.66. The first kappa shape index (κ1) is 19.0. The van der Waals surface area contributed by atoms with Crippen molar-refractivity contribution < 1.29 is 29.0 Å². The van der Waals surface area contributed by atoms with E-state index in [4.69, 9.17) is 14.6 Å². The van der Waals surface area contributed by atoms with Gasteiger partial charge in [-0.25, -0.2) is 9.59 Å². The van der Waals surface area contributed by atoms with E-state index in [1.807, 2.05) is 48.5 Å². The standard InChI is InChI=1S/C22H21NO6/c1-28-21(26)19(16-10-17(16)20(24)25)23-22(27)29-11-18-14-8-4-2-6-12(14)13-7-3-5-9-15(13)18/h2-9,16-19H,10-11H2,1H3,(H,23,27)(H,24,25)/t16-,17-,19?/m1/s1. The van der Waals surface area contributed by atoms with Crippen molar-refractivity contribution in [3.63, 3.8) is 0 Å². The second-order valence-corrected chi connectivity index (χ2v) is 7.32. The Morgan fingerprint density at radius 3 is 2.17 bits per heavy atom. The highest BCUT2D eigenvalue weighted by Crippen LogP contribution is 2.45. The van der Waals surface area contributed by atoms with E-state index in [1.54, 1.807) is 0 Å². The number of esters is 1. The van der Waals surface area contributed by atoms with E-state index in [9.17, 15) is 14.4 Å². The van der Waals surface area contributed by atoms with Crippen molar-refractivity contribution in [2.24, 2.45) is 11.8 Å². The first-order valence-electron chi connectivity index (χ1n) is 9.43. The van der Waals surface area contributed by atoms with Crippen LogP contribution in [0.2, 0.25) is 0 Å². The topological polar surface area (TPSA) is 102 Å². The normalized spacial score (nSPS) is 20.2. The van der Waals surface area contributed by atoms with Crippen LogP contribution in [0, 0.1) is 11.8 Å². The monoisotopic (exact) mass is 395 g/mol. The van der Waals surface area contributed by atoms with E-state index in [0.29, 0.717) is 6.42 Å². The molecule has 2 N–H and O–H groups in total. The number of alkyl carbamates (subject to hydrolysis) is 1. The van der Waals surface area contributed by atoms with Gasteiger partial charge in [0.2, 0.25) is 0 Å². The predicted molar refractivity (Wildman–Crippen MR) is 103 cm³/mol. The summed E-state index contributed by atoms with van der Waals surface area (Å²) in [7, 11) is 1.20. The van der Waals surface area contributed by atoms with Gasteiger partial charge in [-0.3, -0.25) is 4.79 Å². The van der Waals surface area contributed by atoms with Gasteiger partial charge in [0.25, 0.3) is 0 Å². The summed E-state index contributed by atoms with van der Waals surface area (Å²) >= 11 is 0. The van der Waals surface area contributed by atoms with Gasteiger partial charge in [-0.2, -0.15) is 0 Å². The quantitative estimate of drug-likeness (QED) is 0.730. The zero-order valence-corrected chi connectivity index (χ0v) is 15.8. The SMILES string of the molecule is COC(=O)C(NC(=O)OCC1c2ccccc2-c2ccccc21)[C@@H]1C[C@H]1C(=O)O. The molecule has 0 heterocycles. The Morgan fingerprint density at radius 2 is 1.66 bits per heavy atom. The molecule has 2 aromatic rings. The maximum Gasteiger partial charge on any atom is 0.407 e. The van der Waals surface area contributed by atoms with Crippen LogP contribution >= 0.6 is 0 Å². The largest absolute Gasteiger partial charge is 0.481 e. The Hall–Kier alpha value is -3.35. The molecule has 0 saturated heterocycles. The molecule has 0 bridgehead atoms. The van der Waals surface area contributed by atoms with Crippen molar-refractivity contribution in [2.45, 2.75) is 18.4 Å². The lowest BCUT2D eigenvalue weighted by molar-refractivity contribution is -0.144. The molecule has 0 spiro atoms. The molecule has 150 valence electrons. The molecule has 1 saturated carbocycles. The number of carbonyl (C=O) groups excluding carboxylic acids is 2. The maximum atomic E-state index is 12.4. The molecule has 0 aliphatic heterocycles. The molecule has 1 unspecified atom stereocenters. The zero-order chi connectivity index (χ0) is 20.5. The smallest absolute Gasteiger partial charge is 0.407 e. The summed E-state index contributed by atoms with van der Waals surface area (Å²) in [5, 5.41) is 11.6. The fourth-order valence-electron chi connectivity index (χ4n) is 4.10. The van der Waals surface area contributed by atoms with Crippen molar-refractivity contribution in [1.82, 2.24) is 5.32 Å². The highest BCUT2D eigenvalue weighted by Gasteiger charge is 2.51. The molecule has 7 nitrogen and oxygen atoms in total. The Morgan fingerprint density at radius 1 is 1.07 bits per heavy atom. The van der Waals surface area contributed by atoms with Crippen LogP contribution in [0.1, 0.15) is 23.5 Å². The fourth-order valence-corrected chi connectivity index (χ4v) is 4.10. The molecule has 1 fully saturated rings. The molecule has 2 aliphatic rings. The van der Waals surface area contributed by atoms with Crippen molar-refractivity contribution in [2.75, 3.05) is 13.7 Å². The Balaban J connectivity index is 1.44. The van der Waals surface area contributed by atoms with Gasteiger partial charge in [0.05, 0.1) is 13.0 Å². The number of hydrogen-bond donors (Lipinski definition) is 2. The van der Waals surface area contributed by atoms with Gasteiger partial charge in [0, 0.05) is 11.8 Å². The highest BCUT2D eigenvalue weighted by molar-refractivity contribution is 5.84. The number of aliphatic carboxylic acids is 1. The second kappa shape index (κ2) is 7.58. The molecule has 2 aromatic carbocycles. The maximum absolute atomic E-state index is 12.4. The fraction of sp³-hybridized carbons (Fsp3) is 0.318. The average molecular weight is 395 g/mol. The summed E-state index contributed by atoms with van der Waals surface area (Å²) in [5.74, 6) is -2.91. The van der Waals surface area contributed by atoms with Gasteiger partial charge in [0.15, 0.2) is 0 Å². The molecule has 4 rings (SSSR count). The molecule has 3 atom stereocenters. The van der Waals surface area contributed by atoms with E-state index in [2.05, 4.69) is 5.32 Å². The lowest BCUT2D eigenvalue weighted by Crippen LogP contribution is -2.44. The molecular formula is C22H21NO6. The average Bonchev–Trinajstić information content (AvgIpc) is 3.47. The second-order valence-electron chi connectivity index (χ2n) is 7.32. The summed E-state index contributed by atoms with van der Waals surface area (Å²) < 4.78 is 10.1. The number of nitrogens with one attached hydrogen (secondary N) is 1. The molecule has 1 amide bonds. The number of carbonyl (C=O) groups is 3. The van der Waals surface area contributed by atoms with Gasteiger partial charge in [-0.1, -0.05) is 48.5 Å². The first-order valence-corrected chi connectivity index (χ1v) is 9.43. The molecule has 2 aliphatic carbocycles. The van der Waals surface area contributed by atoms with Crippen molar-refractivity contribution in [3.05, 3.63) is 59.7 Å². The molecule has 7 heteroatoms. The van der Waals surface area contributed by atoms with E-state index in [1.165, 1.54) is 7.11 Å². The van der Waals surface area contributed by atoms with Crippen LogP contribution in [0.5, 0.6) is 0 Å². The number of fused-ring (bicyclic) bond motifs is 3.